The molecule has 0 nitrogen and oxygen atoms in total. The third kappa shape index (κ3) is 3.55. The Hall–Kier alpha value is -0.860. The van der Waals surface area contributed by atoms with Gasteiger partial charge in [0.2, 0.25) is 0 Å². The summed E-state index contributed by atoms with van der Waals surface area (Å²) < 4.78 is 2.20. The zero-order chi connectivity index (χ0) is 12.3. The van der Waals surface area contributed by atoms with Gasteiger partial charge in [0.05, 0.1) is 0 Å². The second kappa shape index (κ2) is 5.65. The predicted molar refractivity (Wildman–Crippen MR) is 81.0 cm³/mol. The van der Waals surface area contributed by atoms with Crippen molar-refractivity contribution in [2.24, 2.45) is 0 Å². The minimum atomic E-state index is 0.884. The van der Waals surface area contributed by atoms with Crippen molar-refractivity contribution in [2.75, 3.05) is 0 Å². The molecule has 0 unspecified atom stereocenters. The van der Waals surface area contributed by atoms with E-state index in [4.69, 9.17) is 0 Å². The lowest BCUT2D eigenvalue weighted by atomic mass is 10.00. The number of benzene rings is 2. The van der Waals surface area contributed by atoms with Gasteiger partial charge in [-0.3, -0.25) is 0 Å². The molecular formula is C15H12Br2. The van der Waals surface area contributed by atoms with Crippen molar-refractivity contribution in [3.63, 3.8) is 0 Å². The molecule has 2 rings (SSSR count). The molecule has 0 bridgehead atoms. The first-order valence-electron chi connectivity index (χ1n) is 5.33. The van der Waals surface area contributed by atoms with E-state index in [0.717, 1.165) is 20.9 Å². The number of allylic oxidation sites excluding steroid dienone is 1. The van der Waals surface area contributed by atoms with Gasteiger partial charge in [-0.2, -0.15) is 0 Å². The Morgan fingerprint density at radius 3 is 1.82 bits per heavy atom. The molecule has 0 atom stereocenters. The molecule has 0 amide bonds. The van der Waals surface area contributed by atoms with Crippen LogP contribution in [0.5, 0.6) is 0 Å². The Kier molecular flexibility index (Phi) is 4.19. The van der Waals surface area contributed by atoms with Crippen LogP contribution in [0.15, 0.2) is 64.1 Å². The molecule has 0 saturated carbocycles. The van der Waals surface area contributed by atoms with Crippen LogP contribution in [0.3, 0.4) is 0 Å². The van der Waals surface area contributed by atoms with Crippen LogP contribution in [-0.4, -0.2) is 0 Å². The SMILES string of the molecule is C=C(Cc1ccc(Br)cc1)c1ccc(Br)cc1. The lowest BCUT2D eigenvalue weighted by Crippen LogP contribution is -1.89. The molecule has 0 aliphatic rings. The van der Waals surface area contributed by atoms with E-state index in [9.17, 15) is 0 Å². The van der Waals surface area contributed by atoms with E-state index in [-0.39, 0.29) is 0 Å². The first-order chi connectivity index (χ1) is 8.15. The fraction of sp³-hybridized carbons (Fsp3) is 0.0667. The van der Waals surface area contributed by atoms with E-state index in [1.54, 1.807) is 0 Å². The van der Waals surface area contributed by atoms with Crippen LogP contribution in [0.1, 0.15) is 11.1 Å². The molecule has 0 fully saturated rings. The molecule has 0 aliphatic carbocycles. The van der Waals surface area contributed by atoms with Crippen LogP contribution in [0, 0.1) is 0 Å². The van der Waals surface area contributed by atoms with Crippen LogP contribution < -0.4 is 0 Å². The Balaban J connectivity index is 2.11. The standard InChI is InChI=1S/C15H12Br2/c1-11(13-4-8-15(17)9-5-13)10-12-2-6-14(16)7-3-12/h2-9H,1,10H2. The van der Waals surface area contributed by atoms with E-state index in [2.05, 4.69) is 74.8 Å². The number of halogens is 2. The average molecular weight is 352 g/mol. The van der Waals surface area contributed by atoms with E-state index >= 15 is 0 Å². The van der Waals surface area contributed by atoms with Crippen molar-refractivity contribution >= 4 is 37.4 Å². The third-order valence-electron chi connectivity index (χ3n) is 2.58. The summed E-state index contributed by atoms with van der Waals surface area (Å²) in [4.78, 5) is 0. The monoisotopic (exact) mass is 350 g/mol. The summed E-state index contributed by atoms with van der Waals surface area (Å²) in [5.41, 5.74) is 3.61. The van der Waals surface area contributed by atoms with Crippen molar-refractivity contribution in [1.82, 2.24) is 0 Å². The zero-order valence-electron chi connectivity index (χ0n) is 9.29. The van der Waals surface area contributed by atoms with Gasteiger partial charge in [-0.15, -0.1) is 0 Å². The summed E-state index contributed by atoms with van der Waals surface area (Å²) in [6.45, 7) is 4.15. The molecule has 0 aliphatic heterocycles. The van der Waals surface area contributed by atoms with Gasteiger partial charge in [0, 0.05) is 8.95 Å². The maximum atomic E-state index is 4.15. The molecule has 17 heavy (non-hydrogen) atoms. The Labute approximate surface area is 119 Å². The first kappa shape index (κ1) is 12.6. The number of rotatable bonds is 3. The van der Waals surface area contributed by atoms with E-state index in [1.807, 2.05) is 12.1 Å². The summed E-state index contributed by atoms with van der Waals surface area (Å²) in [7, 11) is 0. The molecule has 0 aromatic heterocycles. The van der Waals surface area contributed by atoms with Crippen LogP contribution in [0.25, 0.3) is 5.57 Å². The average Bonchev–Trinajstić information content (AvgIpc) is 2.33. The lowest BCUT2D eigenvalue weighted by Gasteiger charge is -2.06. The molecule has 0 N–H and O–H groups in total. The van der Waals surface area contributed by atoms with Crippen LogP contribution >= 0.6 is 31.9 Å². The lowest BCUT2D eigenvalue weighted by molar-refractivity contribution is 1.28. The highest BCUT2D eigenvalue weighted by Crippen LogP contribution is 2.21. The second-order valence-corrected chi connectivity index (χ2v) is 5.75. The van der Waals surface area contributed by atoms with Crippen LogP contribution in [-0.2, 0) is 6.42 Å². The minimum Gasteiger partial charge on any atom is -0.0949 e. The first-order valence-corrected chi connectivity index (χ1v) is 6.92. The summed E-state index contributed by atoms with van der Waals surface area (Å²) >= 11 is 6.87. The molecule has 0 saturated heterocycles. The van der Waals surface area contributed by atoms with Crippen LogP contribution in [0.2, 0.25) is 0 Å². The molecule has 2 aromatic rings. The summed E-state index contributed by atoms with van der Waals surface area (Å²) in [6, 6.07) is 16.6. The smallest absolute Gasteiger partial charge is 0.0175 e. The zero-order valence-corrected chi connectivity index (χ0v) is 12.5. The minimum absolute atomic E-state index is 0.884. The van der Waals surface area contributed by atoms with Crippen molar-refractivity contribution < 1.29 is 0 Å². The number of hydrogen-bond donors (Lipinski definition) is 0. The van der Waals surface area contributed by atoms with Gasteiger partial charge in [-0.05, 0) is 47.4 Å². The fourth-order valence-corrected chi connectivity index (χ4v) is 2.16. The van der Waals surface area contributed by atoms with E-state index < -0.39 is 0 Å². The summed E-state index contributed by atoms with van der Waals surface area (Å²) in [5.74, 6) is 0. The van der Waals surface area contributed by atoms with Crippen molar-refractivity contribution in [2.45, 2.75) is 6.42 Å². The highest BCUT2D eigenvalue weighted by atomic mass is 79.9. The summed E-state index contributed by atoms with van der Waals surface area (Å²) in [6.07, 6.45) is 0.884. The van der Waals surface area contributed by atoms with Crippen molar-refractivity contribution in [1.29, 1.82) is 0 Å². The highest BCUT2D eigenvalue weighted by Gasteiger charge is 2.01. The highest BCUT2D eigenvalue weighted by molar-refractivity contribution is 9.10. The maximum Gasteiger partial charge on any atom is 0.0175 e. The second-order valence-electron chi connectivity index (χ2n) is 3.91. The quantitative estimate of drug-likeness (QED) is 0.688. The van der Waals surface area contributed by atoms with Gasteiger partial charge in [-0.25, -0.2) is 0 Å². The molecule has 86 valence electrons. The molecule has 0 radical (unpaired) electrons. The third-order valence-corrected chi connectivity index (χ3v) is 3.64. The fourth-order valence-electron chi connectivity index (χ4n) is 1.64. The van der Waals surface area contributed by atoms with Gasteiger partial charge in [0.15, 0.2) is 0 Å². The Morgan fingerprint density at radius 2 is 1.29 bits per heavy atom. The largest absolute Gasteiger partial charge is 0.0949 e. The molecule has 2 aromatic carbocycles. The van der Waals surface area contributed by atoms with E-state index in [1.165, 1.54) is 11.1 Å². The number of hydrogen-bond acceptors (Lipinski definition) is 0. The molecule has 2 heteroatoms. The van der Waals surface area contributed by atoms with Crippen molar-refractivity contribution in [3.05, 3.63) is 75.2 Å². The molecular weight excluding hydrogens is 340 g/mol. The topological polar surface area (TPSA) is 0 Å². The van der Waals surface area contributed by atoms with Gasteiger partial charge in [0.25, 0.3) is 0 Å². The van der Waals surface area contributed by atoms with Gasteiger partial charge < -0.3 is 0 Å². The van der Waals surface area contributed by atoms with Crippen molar-refractivity contribution in [3.8, 4) is 0 Å². The molecule has 0 spiro atoms. The van der Waals surface area contributed by atoms with E-state index in [0.29, 0.717) is 0 Å². The van der Waals surface area contributed by atoms with Gasteiger partial charge in [-0.1, -0.05) is 62.7 Å². The maximum absolute atomic E-state index is 4.15. The summed E-state index contributed by atoms with van der Waals surface area (Å²) in [5, 5.41) is 0. The normalized spacial score (nSPS) is 10.2. The molecule has 0 heterocycles. The predicted octanol–water partition coefficient (Wildman–Crippen LogP) is 5.47. The van der Waals surface area contributed by atoms with Crippen LogP contribution in [0.4, 0.5) is 0 Å². The Morgan fingerprint density at radius 1 is 0.824 bits per heavy atom. The van der Waals surface area contributed by atoms with Gasteiger partial charge >= 0.3 is 0 Å². The van der Waals surface area contributed by atoms with Gasteiger partial charge in [0.1, 0.15) is 0 Å². The Bertz CT molecular complexity index is 510.